The van der Waals surface area contributed by atoms with Crippen LogP contribution in [-0.4, -0.2) is 41.7 Å². The largest absolute Gasteiger partial charge is 0.383 e. The number of pyridine rings is 1. The Kier molecular flexibility index (Phi) is 3.81. The van der Waals surface area contributed by atoms with Gasteiger partial charge in [0.1, 0.15) is 5.56 Å². The molecule has 0 bridgehead atoms. The van der Waals surface area contributed by atoms with Gasteiger partial charge in [0.05, 0.1) is 12.6 Å². The molecule has 1 fully saturated rings. The summed E-state index contributed by atoms with van der Waals surface area (Å²) in [4.78, 5) is 26.0. The number of aromatic nitrogens is 1. The summed E-state index contributed by atoms with van der Waals surface area (Å²) in [7, 11) is 3.28. The summed E-state index contributed by atoms with van der Waals surface area (Å²) in [5, 5.41) is 0. The summed E-state index contributed by atoms with van der Waals surface area (Å²) in [6, 6.07) is 3.40. The van der Waals surface area contributed by atoms with Crippen LogP contribution in [0, 0.1) is 0 Å². The number of rotatable bonds is 3. The van der Waals surface area contributed by atoms with Crippen LogP contribution in [0.2, 0.25) is 0 Å². The second-order valence-corrected chi connectivity index (χ2v) is 4.59. The molecule has 1 amide bonds. The average molecular weight is 250 g/mol. The molecule has 18 heavy (non-hydrogen) atoms. The number of hydrogen-bond donors (Lipinski definition) is 0. The lowest BCUT2D eigenvalue weighted by Gasteiger charge is -2.23. The van der Waals surface area contributed by atoms with E-state index in [4.69, 9.17) is 4.74 Å². The fraction of sp³-hybridized carbons (Fsp3) is 0.538. The molecular weight excluding hydrogens is 232 g/mol. The van der Waals surface area contributed by atoms with Crippen molar-refractivity contribution >= 4 is 5.91 Å². The predicted octanol–water partition coefficient (Wildman–Crippen LogP) is 0.636. The first-order valence-electron chi connectivity index (χ1n) is 6.10. The number of amides is 1. The molecule has 0 spiro atoms. The maximum Gasteiger partial charge on any atom is 0.263 e. The summed E-state index contributed by atoms with van der Waals surface area (Å²) >= 11 is 0. The molecule has 1 aliphatic rings. The van der Waals surface area contributed by atoms with Crippen molar-refractivity contribution in [1.29, 1.82) is 0 Å². The minimum absolute atomic E-state index is 0.0902. The Labute approximate surface area is 106 Å². The standard InChI is InChI=1S/C13H18N2O3/c1-14-7-4-6-11(12(14)16)13(17)15-8-3-5-10(15)9-18-2/h4,6-7,10H,3,5,8-9H2,1-2H3/t10-/m1/s1. The Bertz CT molecular complexity index is 495. The van der Waals surface area contributed by atoms with Gasteiger partial charge in [0.2, 0.25) is 0 Å². The minimum atomic E-state index is -0.245. The molecule has 0 radical (unpaired) electrons. The highest BCUT2D eigenvalue weighted by Crippen LogP contribution is 2.19. The van der Waals surface area contributed by atoms with Gasteiger partial charge < -0.3 is 14.2 Å². The summed E-state index contributed by atoms with van der Waals surface area (Å²) in [6.45, 7) is 1.23. The third kappa shape index (κ3) is 2.31. The van der Waals surface area contributed by atoms with Gasteiger partial charge in [-0.1, -0.05) is 0 Å². The molecule has 5 heteroatoms. The van der Waals surface area contributed by atoms with Crippen LogP contribution in [-0.2, 0) is 11.8 Å². The van der Waals surface area contributed by atoms with Gasteiger partial charge in [-0.15, -0.1) is 0 Å². The maximum absolute atomic E-state index is 12.4. The van der Waals surface area contributed by atoms with E-state index in [1.54, 1.807) is 37.4 Å². The van der Waals surface area contributed by atoms with Crippen LogP contribution in [0.3, 0.4) is 0 Å². The van der Waals surface area contributed by atoms with E-state index >= 15 is 0 Å². The SMILES string of the molecule is COC[C@H]1CCCN1C(=O)c1cccn(C)c1=O. The number of ether oxygens (including phenoxy) is 1. The van der Waals surface area contributed by atoms with E-state index in [-0.39, 0.29) is 23.1 Å². The lowest BCUT2D eigenvalue weighted by Crippen LogP contribution is -2.41. The van der Waals surface area contributed by atoms with Gasteiger partial charge in [-0.25, -0.2) is 0 Å². The summed E-state index contributed by atoms with van der Waals surface area (Å²) in [5.41, 5.74) is -0.00595. The van der Waals surface area contributed by atoms with E-state index in [0.717, 1.165) is 12.8 Å². The highest BCUT2D eigenvalue weighted by molar-refractivity contribution is 5.94. The van der Waals surface area contributed by atoms with Crippen molar-refractivity contribution in [3.63, 3.8) is 0 Å². The van der Waals surface area contributed by atoms with E-state index in [1.807, 2.05) is 0 Å². The molecule has 2 heterocycles. The molecule has 1 aromatic heterocycles. The zero-order valence-corrected chi connectivity index (χ0v) is 10.8. The van der Waals surface area contributed by atoms with Gasteiger partial charge in [0.25, 0.3) is 11.5 Å². The Hall–Kier alpha value is -1.62. The second kappa shape index (κ2) is 5.35. The number of carbonyl (C=O) groups excluding carboxylic acids is 1. The van der Waals surface area contributed by atoms with Gasteiger partial charge in [0, 0.05) is 26.9 Å². The fourth-order valence-corrected chi connectivity index (χ4v) is 2.38. The molecule has 0 aromatic carbocycles. The van der Waals surface area contributed by atoms with Crippen molar-refractivity contribution in [3.8, 4) is 0 Å². The first-order valence-corrected chi connectivity index (χ1v) is 6.10. The van der Waals surface area contributed by atoms with E-state index in [1.165, 1.54) is 4.57 Å². The van der Waals surface area contributed by atoms with E-state index in [0.29, 0.717) is 13.2 Å². The van der Waals surface area contributed by atoms with E-state index in [2.05, 4.69) is 0 Å². The number of nitrogens with zero attached hydrogens (tertiary/aromatic N) is 2. The molecule has 1 aliphatic heterocycles. The Morgan fingerprint density at radius 2 is 2.33 bits per heavy atom. The molecule has 1 atom stereocenters. The van der Waals surface area contributed by atoms with Crippen molar-refractivity contribution in [2.24, 2.45) is 7.05 Å². The van der Waals surface area contributed by atoms with Gasteiger partial charge in [-0.2, -0.15) is 0 Å². The lowest BCUT2D eigenvalue weighted by atomic mass is 10.2. The second-order valence-electron chi connectivity index (χ2n) is 4.59. The van der Waals surface area contributed by atoms with Gasteiger partial charge in [-0.3, -0.25) is 9.59 Å². The molecule has 0 N–H and O–H groups in total. The molecular formula is C13H18N2O3. The monoisotopic (exact) mass is 250 g/mol. The number of methoxy groups -OCH3 is 1. The molecule has 2 rings (SSSR count). The van der Waals surface area contributed by atoms with Gasteiger partial charge in [0.15, 0.2) is 0 Å². The first-order chi connectivity index (χ1) is 8.65. The van der Waals surface area contributed by atoms with Crippen molar-refractivity contribution in [3.05, 3.63) is 34.2 Å². The highest BCUT2D eigenvalue weighted by atomic mass is 16.5. The molecule has 1 saturated heterocycles. The lowest BCUT2D eigenvalue weighted by molar-refractivity contribution is 0.0628. The van der Waals surface area contributed by atoms with Crippen molar-refractivity contribution in [2.75, 3.05) is 20.3 Å². The number of likely N-dealkylation sites (tertiary alicyclic amines) is 1. The Morgan fingerprint density at radius 1 is 1.56 bits per heavy atom. The van der Waals surface area contributed by atoms with Crippen LogP contribution in [0.15, 0.2) is 23.1 Å². The van der Waals surface area contributed by atoms with Crippen molar-refractivity contribution in [2.45, 2.75) is 18.9 Å². The highest BCUT2D eigenvalue weighted by Gasteiger charge is 2.30. The fourth-order valence-electron chi connectivity index (χ4n) is 2.38. The van der Waals surface area contributed by atoms with Crippen molar-refractivity contribution < 1.29 is 9.53 Å². The minimum Gasteiger partial charge on any atom is -0.383 e. The topological polar surface area (TPSA) is 51.5 Å². The quantitative estimate of drug-likeness (QED) is 0.791. The molecule has 5 nitrogen and oxygen atoms in total. The first kappa shape index (κ1) is 12.8. The smallest absolute Gasteiger partial charge is 0.263 e. The number of hydrogen-bond acceptors (Lipinski definition) is 3. The molecule has 98 valence electrons. The zero-order chi connectivity index (χ0) is 13.1. The summed E-state index contributed by atoms with van der Waals surface area (Å²) in [6.07, 6.45) is 3.55. The third-order valence-corrected chi connectivity index (χ3v) is 3.35. The van der Waals surface area contributed by atoms with E-state index in [9.17, 15) is 9.59 Å². The number of carbonyl (C=O) groups is 1. The van der Waals surface area contributed by atoms with Crippen LogP contribution < -0.4 is 5.56 Å². The van der Waals surface area contributed by atoms with E-state index < -0.39 is 0 Å². The molecule has 0 aliphatic carbocycles. The zero-order valence-electron chi connectivity index (χ0n) is 10.8. The normalized spacial score (nSPS) is 19.2. The van der Waals surface area contributed by atoms with Crippen LogP contribution >= 0.6 is 0 Å². The number of aryl methyl sites for hydroxylation is 1. The molecule has 0 saturated carbocycles. The average Bonchev–Trinajstić information content (AvgIpc) is 2.80. The molecule has 0 unspecified atom stereocenters. The van der Waals surface area contributed by atoms with Crippen LogP contribution in [0.5, 0.6) is 0 Å². The van der Waals surface area contributed by atoms with Crippen molar-refractivity contribution in [1.82, 2.24) is 9.47 Å². The summed E-state index contributed by atoms with van der Waals surface area (Å²) in [5.74, 6) is -0.184. The van der Waals surface area contributed by atoms with Gasteiger partial charge in [-0.05, 0) is 25.0 Å². The summed E-state index contributed by atoms with van der Waals surface area (Å²) < 4.78 is 6.54. The van der Waals surface area contributed by atoms with Crippen LogP contribution in [0.4, 0.5) is 0 Å². The van der Waals surface area contributed by atoms with Crippen LogP contribution in [0.1, 0.15) is 23.2 Å². The van der Waals surface area contributed by atoms with Gasteiger partial charge >= 0.3 is 0 Å². The predicted molar refractivity (Wildman–Crippen MR) is 67.6 cm³/mol. The Balaban J connectivity index is 2.25. The Morgan fingerprint density at radius 3 is 3.06 bits per heavy atom. The maximum atomic E-state index is 12.4. The third-order valence-electron chi connectivity index (χ3n) is 3.35. The molecule has 1 aromatic rings. The van der Waals surface area contributed by atoms with Crippen LogP contribution in [0.25, 0.3) is 0 Å².